The highest BCUT2D eigenvalue weighted by Gasteiger charge is 2.42. The van der Waals surface area contributed by atoms with Gasteiger partial charge in [0.1, 0.15) is 0 Å². The number of ketones is 1. The molecule has 4 heteroatoms. The van der Waals surface area contributed by atoms with Crippen LogP contribution in [0.3, 0.4) is 0 Å². The molecule has 0 radical (unpaired) electrons. The Kier molecular flexibility index (Phi) is 4.70. The molecule has 3 nitrogen and oxygen atoms in total. The highest BCUT2D eigenvalue weighted by atomic mass is 35.5. The Morgan fingerprint density at radius 2 is 1.88 bits per heavy atom. The van der Waals surface area contributed by atoms with E-state index in [0.29, 0.717) is 0 Å². The molecular weight excluding hydrogens is 240 g/mol. The molecule has 1 aromatic carbocycles. The Balaban J connectivity index is 2.93. The molecule has 0 saturated heterocycles. The second kappa shape index (κ2) is 5.82. The van der Waals surface area contributed by atoms with Gasteiger partial charge in [0.2, 0.25) is 4.87 Å². The first kappa shape index (κ1) is 13.7. The average Bonchev–Trinajstić information content (AvgIpc) is 2.30. The fourth-order valence-corrected chi connectivity index (χ4v) is 1.67. The Bertz CT molecular complexity index is 402. The predicted molar refractivity (Wildman–Crippen MR) is 66.0 cm³/mol. The van der Waals surface area contributed by atoms with Crippen molar-refractivity contribution in [3.05, 3.63) is 35.9 Å². The van der Waals surface area contributed by atoms with Gasteiger partial charge in [0, 0.05) is 6.42 Å². The summed E-state index contributed by atoms with van der Waals surface area (Å²) in [5.74, 6) is -1.08. The summed E-state index contributed by atoms with van der Waals surface area (Å²) in [5.41, 5.74) is 0.825. The zero-order valence-electron chi connectivity index (χ0n) is 9.90. The minimum absolute atomic E-state index is 0.142. The maximum atomic E-state index is 11.7. The minimum atomic E-state index is -1.61. The monoisotopic (exact) mass is 254 g/mol. The van der Waals surface area contributed by atoms with E-state index in [1.807, 2.05) is 30.3 Å². The van der Waals surface area contributed by atoms with Crippen LogP contribution in [0, 0.1) is 0 Å². The van der Waals surface area contributed by atoms with Crippen molar-refractivity contribution in [2.24, 2.45) is 0 Å². The van der Waals surface area contributed by atoms with Crippen LogP contribution in [0.2, 0.25) is 0 Å². The molecular formula is C13H15ClO3. The summed E-state index contributed by atoms with van der Waals surface area (Å²) >= 11 is 6.11. The predicted octanol–water partition coefficient (Wildman–Crippen LogP) is 2.36. The normalized spacial score (nSPS) is 13.8. The van der Waals surface area contributed by atoms with Crippen LogP contribution in [0.15, 0.2) is 30.3 Å². The molecule has 0 heterocycles. The molecule has 0 aliphatic rings. The van der Waals surface area contributed by atoms with Gasteiger partial charge >= 0.3 is 5.97 Å². The van der Waals surface area contributed by atoms with Gasteiger partial charge in [-0.05, 0) is 19.4 Å². The summed E-state index contributed by atoms with van der Waals surface area (Å²) in [6, 6.07) is 9.16. The van der Waals surface area contributed by atoms with Gasteiger partial charge < -0.3 is 4.74 Å². The lowest BCUT2D eigenvalue weighted by atomic mass is 9.95. The minimum Gasteiger partial charge on any atom is -0.464 e. The van der Waals surface area contributed by atoms with E-state index in [0.717, 1.165) is 5.56 Å². The number of carbonyl (C=O) groups excluding carboxylic acids is 2. The molecule has 0 bridgehead atoms. The van der Waals surface area contributed by atoms with Gasteiger partial charge in [-0.15, -0.1) is 0 Å². The highest BCUT2D eigenvalue weighted by molar-refractivity contribution is 6.45. The summed E-state index contributed by atoms with van der Waals surface area (Å²) in [7, 11) is 0. The fraction of sp³-hybridized carbons (Fsp3) is 0.385. The SMILES string of the molecule is CCOC(=O)[C@](Cl)(Cc1ccccc1)C(C)=O. The van der Waals surface area contributed by atoms with E-state index in [2.05, 4.69) is 0 Å². The standard InChI is InChI=1S/C13H15ClO3/c1-3-17-12(16)13(14,10(2)15)9-11-7-5-4-6-8-11/h4-8H,3,9H2,1-2H3/t13-/m0/s1. The van der Waals surface area contributed by atoms with Crippen LogP contribution in [-0.2, 0) is 20.7 Å². The number of hydrogen-bond donors (Lipinski definition) is 0. The Hall–Kier alpha value is -1.35. The third-order valence-electron chi connectivity index (χ3n) is 2.45. The van der Waals surface area contributed by atoms with Gasteiger partial charge in [-0.2, -0.15) is 0 Å². The summed E-state index contributed by atoms with van der Waals surface area (Å²) < 4.78 is 4.85. The number of ether oxygens (including phenoxy) is 1. The van der Waals surface area contributed by atoms with E-state index < -0.39 is 16.6 Å². The highest BCUT2D eigenvalue weighted by Crippen LogP contribution is 2.24. The molecule has 1 aromatic rings. The van der Waals surface area contributed by atoms with E-state index in [-0.39, 0.29) is 13.0 Å². The molecule has 1 atom stereocenters. The van der Waals surface area contributed by atoms with Crippen LogP contribution in [0.25, 0.3) is 0 Å². The Morgan fingerprint density at radius 1 is 1.29 bits per heavy atom. The van der Waals surface area contributed by atoms with Gasteiger partial charge in [0.05, 0.1) is 6.61 Å². The quantitative estimate of drug-likeness (QED) is 0.460. The lowest BCUT2D eigenvalue weighted by Gasteiger charge is -2.21. The molecule has 17 heavy (non-hydrogen) atoms. The van der Waals surface area contributed by atoms with Gasteiger partial charge in [0.15, 0.2) is 5.78 Å². The van der Waals surface area contributed by atoms with E-state index in [4.69, 9.17) is 16.3 Å². The van der Waals surface area contributed by atoms with Crippen molar-refractivity contribution in [1.29, 1.82) is 0 Å². The number of esters is 1. The molecule has 0 aromatic heterocycles. The fourth-order valence-electron chi connectivity index (χ4n) is 1.46. The Labute approximate surface area is 106 Å². The third-order valence-corrected chi connectivity index (χ3v) is 3.00. The molecule has 0 fully saturated rings. The number of alkyl halides is 1. The maximum Gasteiger partial charge on any atom is 0.335 e. The zero-order valence-corrected chi connectivity index (χ0v) is 10.7. The summed E-state index contributed by atoms with van der Waals surface area (Å²) in [6.07, 6.45) is 0.142. The second-order valence-corrected chi connectivity index (χ2v) is 4.39. The van der Waals surface area contributed by atoms with Crippen molar-refractivity contribution in [3.63, 3.8) is 0 Å². The van der Waals surface area contributed by atoms with E-state index in [9.17, 15) is 9.59 Å². The van der Waals surface area contributed by atoms with Crippen LogP contribution in [0.5, 0.6) is 0 Å². The van der Waals surface area contributed by atoms with Crippen LogP contribution >= 0.6 is 11.6 Å². The van der Waals surface area contributed by atoms with E-state index >= 15 is 0 Å². The first-order chi connectivity index (χ1) is 8.00. The molecule has 0 N–H and O–H groups in total. The largest absolute Gasteiger partial charge is 0.464 e. The number of halogens is 1. The first-order valence-electron chi connectivity index (χ1n) is 5.41. The summed E-state index contributed by atoms with van der Waals surface area (Å²) in [5, 5.41) is 0. The summed E-state index contributed by atoms with van der Waals surface area (Å²) in [6.45, 7) is 3.18. The van der Waals surface area contributed by atoms with Crippen molar-refractivity contribution in [2.75, 3.05) is 6.61 Å². The van der Waals surface area contributed by atoms with Crippen LogP contribution < -0.4 is 0 Å². The van der Waals surface area contributed by atoms with E-state index in [1.165, 1.54) is 6.92 Å². The van der Waals surface area contributed by atoms with Crippen LogP contribution in [0.1, 0.15) is 19.4 Å². The molecule has 0 spiro atoms. The third kappa shape index (κ3) is 3.30. The molecule has 0 unspecified atom stereocenters. The number of carbonyl (C=O) groups is 2. The average molecular weight is 255 g/mol. The molecule has 0 aliphatic heterocycles. The first-order valence-corrected chi connectivity index (χ1v) is 5.79. The molecule has 0 amide bonds. The van der Waals surface area contributed by atoms with Crippen molar-refractivity contribution in [1.82, 2.24) is 0 Å². The van der Waals surface area contributed by atoms with Crippen molar-refractivity contribution in [2.45, 2.75) is 25.1 Å². The number of benzene rings is 1. The second-order valence-electron chi connectivity index (χ2n) is 3.74. The number of Topliss-reactive ketones (excluding diaryl/α,β-unsaturated/α-hetero) is 1. The van der Waals surface area contributed by atoms with Crippen molar-refractivity contribution < 1.29 is 14.3 Å². The molecule has 1 rings (SSSR count). The topological polar surface area (TPSA) is 43.4 Å². The lowest BCUT2D eigenvalue weighted by Crippen LogP contribution is -2.43. The summed E-state index contributed by atoms with van der Waals surface area (Å²) in [4.78, 5) is 21.7. The van der Waals surface area contributed by atoms with E-state index in [1.54, 1.807) is 6.92 Å². The molecule has 92 valence electrons. The smallest absolute Gasteiger partial charge is 0.335 e. The molecule has 0 saturated carbocycles. The Morgan fingerprint density at radius 3 is 2.35 bits per heavy atom. The van der Waals surface area contributed by atoms with Crippen molar-refractivity contribution in [3.8, 4) is 0 Å². The van der Waals surface area contributed by atoms with Crippen LogP contribution in [0.4, 0.5) is 0 Å². The number of hydrogen-bond acceptors (Lipinski definition) is 3. The maximum absolute atomic E-state index is 11.7. The van der Waals surface area contributed by atoms with Gasteiger partial charge in [-0.1, -0.05) is 41.9 Å². The number of rotatable bonds is 5. The zero-order chi connectivity index (χ0) is 12.9. The van der Waals surface area contributed by atoms with Gasteiger partial charge in [0.25, 0.3) is 0 Å². The van der Waals surface area contributed by atoms with Crippen molar-refractivity contribution >= 4 is 23.4 Å². The van der Waals surface area contributed by atoms with Gasteiger partial charge in [-0.25, -0.2) is 4.79 Å². The van der Waals surface area contributed by atoms with Gasteiger partial charge in [-0.3, -0.25) is 4.79 Å². The molecule has 0 aliphatic carbocycles. The van der Waals surface area contributed by atoms with Crippen LogP contribution in [-0.4, -0.2) is 23.2 Å². The lowest BCUT2D eigenvalue weighted by molar-refractivity contribution is -0.149.